The Hall–Kier alpha value is -0.890. The zero-order chi connectivity index (χ0) is 8.55. The second-order valence-corrected chi connectivity index (χ2v) is 3.38. The molecule has 0 aromatic heterocycles. The van der Waals surface area contributed by atoms with Crippen molar-refractivity contribution in [3.8, 4) is 0 Å². The fourth-order valence-electron chi connectivity index (χ4n) is 1.45. The Morgan fingerprint density at radius 3 is 2.58 bits per heavy atom. The fraction of sp³-hybridized carbons (Fsp3) is 0.400. The summed E-state index contributed by atoms with van der Waals surface area (Å²) < 4.78 is 13.1. The zero-order valence-corrected chi connectivity index (χ0v) is 6.83. The molecule has 1 aliphatic rings. The van der Waals surface area contributed by atoms with Gasteiger partial charge in [0.25, 0.3) is 0 Å². The molecule has 2 heteroatoms. The van der Waals surface area contributed by atoms with E-state index in [9.17, 15) is 4.39 Å². The van der Waals surface area contributed by atoms with Crippen LogP contribution in [0.3, 0.4) is 0 Å². The Bertz CT molecular complexity index is 281. The van der Waals surface area contributed by atoms with Gasteiger partial charge in [-0.1, -0.05) is 18.2 Å². The van der Waals surface area contributed by atoms with Crippen molar-refractivity contribution >= 4 is 0 Å². The van der Waals surface area contributed by atoms with Crippen LogP contribution in [0.15, 0.2) is 24.3 Å². The topological polar surface area (TPSA) is 26.0 Å². The molecule has 1 fully saturated rings. The Morgan fingerprint density at radius 2 is 2.00 bits per heavy atom. The summed E-state index contributed by atoms with van der Waals surface area (Å²) in [6.45, 7) is 0. The minimum absolute atomic E-state index is 0.0915. The highest BCUT2D eigenvalue weighted by atomic mass is 19.1. The normalized spacial score (nSPS) is 19.2. The molecule has 0 unspecified atom stereocenters. The summed E-state index contributed by atoms with van der Waals surface area (Å²) in [5.74, 6) is 0.346. The first kappa shape index (κ1) is 7.74. The molecule has 1 aromatic carbocycles. The van der Waals surface area contributed by atoms with E-state index in [0.717, 1.165) is 12.8 Å². The van der Waals surface area contributed by atoms with E-state index in [1.165, 1.54) is 6.07 Å². The van der Waals surface area contributed by atoms with Gasteiger partial charge in [0.2, 0.25) is 0 Å². The summed E-state index contributed by atoms with van der Waals surface area (Å²) in [5, 5.41) is 0. The van der Waals surface area contributed by atoms with E-state index < -0.39 is 0 Å². The molecule has 1 aliphatic carbocycles. The van der Waals surface area contributed by atoms with Crippen LogP contribution >= 0.6 is 0 Å². The quantitative estimate of drug-likeness (QED) is 0.714. The highest BCUT2D eigenvalue weighted by molar-refractivity contribution is 5.22. The van der Waals surface area contributed by atoms with Crippen LogP contribution in [0.2, 0.25) is 0 Å². The van der Waals surface area contributed by atoms with Gasteiger partial charge in [0.1, 0.15) is 5.82 Å². The lowest BCUT2D eigenvalue weighted by Crippen LogP contribution is -2.13. The molecule has 0 heterocycles. The maximum atomic E-state index is 13.1. The molecule has 0 radical (unpaired) electrons. The molecule has 12 heavy (non-hydrogen) atoms. The number of nitrogens with two attached hydrogens (primary N) is 1. The van der Waals surface area contributed by atoms with Crippen molar-refractivity contribution in [3.63, 3.8) is 0 Å². The van der Waals surface area contributed by atoms with Gasteiger partial charge in [-0.15, -0.1) is 0 Å². The maximum Gasteiger partial charge on any atom is 0.127 e. The van der Waals surface area contributed by atoms with Crippen LogP contribution in [-0.4, -0.2) is 0 Å². The molecule has 0 bridgehead atoms. The molecular weight excluding hydrogens is 153 g/mol. The summed E-state index contributed by atoms with van der Waals surface area (Å²) >= 11 is 0. The molecule has 0 saturated heterocycles. The van der Waals surface area contributed by atoms with Crippen molar-refractivity contribution in [2.24, 2.45) is 11.7 Å². The zero-order valence-electron chi connectivity index (χ0n) is 6.83. The SMILES string of the molecule is N[C@H](c1ccccc1F)C1CC1. The molecule has 2 rings (SSSR count). The van der Waals surface area contributed by atoms with Gasteiger partial charge < -0.3 is 5.73 Å². The van der Waals surface area contributed by atoms with Crippen LogP contribution in [0, 0.1) is 11.7 Å². The molecule has 0 aliphatic heterocycles. The molecule has 1 nitrogen and oxygen atoms in total. The second-order valence-electron chi connectivity index (χ2n) is 3.38. The largest absolute Gasteiger partial charge is 0.324 e. The van der Waals surface area contributed by atoms with Gasteiger partial charge in [-0.25, -0.2) is 4.39 Å². The van der Waals surface area contributed by atoms with E-state index >= 15 is 0 Å². The average Bonchev–Trinajstić information content (AvgIpc) is 2.86. The van der Waals surface area contributed by atoms with E-state index in [1.807, 2.05) is 6.07 Å². The van der Waals surface area contributed by atoms with Crippen LogP contribution in [0.25, 0.3) is 0 Å². The van der Waals surface area contributed by atoms with Crippen LogP contribution in [0.4, 0.5) is 4.39 Å². The van der Waals surface area contributed by atoms with Crippen LogP contribution < -0.4 is 5.73 Å². The van der Waals surface area contributed by atoms with Crippen molar-refractivity contribution in [2.75, 3.05) is 0 Å². The van der Waals surface area contributed by atoms with Gasteiger partial charge in [-0.3, -0.25) is 0 Å². The number of benzene rings is 1. The lowest BCUT2D eigenvalue weighted by molar-refractivity contribution is 0.554. The van der Waals surface area contributed by atoms with E-state index in [2.05, 4.69) is 0 Å². The molecule has 0 amide bonds. The molecule has 64 valence electrons. The molecule has 0 spiro atoms. The first-order valence-electron chi connectivity index (χ1n) is 4.29. The number of hydrogen-bond donors (Lipinski definition) is 1. The Balaban J connectivity index is 2.25. The Labute approximate surface area is 71.4 Å². The van der Waals surface area contributed by atoms with Gasteiger partial charge >= 0.3 is 0 Å². The summed E-state index contributed by atoms with van der Waals surface area (Å²) in [4.78, 5) is 0. The minimum atomic E-state index is -0.170. The summed E-state index contributed by atoms with van der Waals surface area (Å²) in [5.41, 5.74) is 6.53. The minimum Gasteiger partial charge on any atom is -0.324 e. The molecule has 1 saturated carbocycles. The molecule has 1 aromatic rings. The van der Waals surface area contributed by atoms with Crippen molar-refractivity contribution in [3.05, 3.63) is 35.6 Å². The summed E-state index contributed by atoms with van der Waals surface area (Å²) in [7, 11) is 0. The van der Waals surface area contributed by atoms with Crippen molar-refractivity contribution in [2.45, 2.75) is 18.9 Å². The van der Waals surface area contributed by atoms with Gasteiger partial charge in [0.05, 0.1) is 0 Å². The molecule has 1 atom stereocenters. The van der Waals surface area contributed by atoms with E-state index in [-0.39, 0.29) is 11.9 Å². The van der Waals surface area contributed by atoms with Gasteiger partial charge in [-0.05, 0) is 24.8 Å². The van der Waals surface area contributed by atoms with Gasteiger partial charge in [0, 0.05) is 11.6 Å². The van der Waals surface area contributed by atoms with Crippen molar-refractivity contribution in [1.82, 2.24) is 0 Å². The monoisotopic (exact) mass is 165 g/mol. The van der Waals surface area contributed by atoms with Crippen LogP contribution in [0.1, 0.15) is 24.4 Å². The third-order valence-corrected chi connectivity index (χ3v) is 2.39. The van der Waals surface area contributed by atoms with Crippen molar-refractivity contribution < 1.29 is 4.39 Å². The third kappa shape index (κ3) is 1.34. The first-order chi connectivity index (χ1) is 5.79. The van der Waals surface area contributed by atoms with Gasteiger partial charge in [0.15, 0.2) is 0 Å². The number of rotatable bonds is 2. The van der Waals surface area contributed by atoms with Crippen molar-refractivity contribution in [1.29, 1.82) is 0 Å². The third-order valence-electron chi connectivity index (χ3n) is 2.39. The molecule has 2 N–H and O–H groups in total. The Morgan fingerprint density at radius 1 is 1.33 bits per heavy atom. The van der Waals surface area contributed by atoms with Crippen LogP contribution in [0.5, 0.6) is 0 Å². The fourth-order valence-corrected chi connectivity index (χ4v) is 1.45. The number of hydrogen-bond acceptors (Lipinski definition) is 1. The van der Waals surface area contributed by atoms with E-state index in [0.29, 0.717) is 11.5 Å². The molecular formula is C10H12FN. The highest BCUT2D eigenvalue weighted by Gasteiger charge is 2.30. The Kier molecular flexibility index (Phi) is 1.85. The van der Waals surface area contributed by atoms with Crippen LogP contribution in [-0.2, 0) is 0 Å². The predicted octanol–water partition coefficient (Wildman–Crippen LogP) is 2.24. The first-order valence-corrected chi connectivity index (χ1v) is 4.29. The predicted molar refractivity (Wildman–Crippen MR) is 46.1 cm³/mol. The average molecular weight is 165 g/mol. The second kappa shape index (κ2) is 2.87. The maximum absolute atomic E-state index is 13.1. The standard InChI is InChI=1S/C10H12FN/c11-9-4-2-1-3-8(9)10(12)7-5-6-7/h1-4,7,10H,5-6,12H2/t10-/m0/s1. The van der Waals surface area contributed by atoms with Gasteiger partial charge in [-0.2, -0.15) is 0 Å². The number of halogens is 1. The van der Waals surface area contributed by atoms with E-state index in [4.69, 9.17) is 5.73 Å². The highest BCUT2D eigenvalue weighted by Crippen LogP contribution is 2.39. The smallest absolute Gasteiger partial charge is 0.127 e. The summed E-state index contributed by atoms with van der Waals surface area (Å²) in [6.07, 6.45) is 2.30. The lowest BCUT2D eigenvalue weighted by atomic mass is 10.0. The lowest BCUT2D eigenvalue weighted by Gasteiger charge is -2.10. The van der Waals surface area contributed by atoms with E-state index in [1.54, 1.807) is 12.1 Å². The summed E-state index contributed by atoms with van der Waals surface area (Å²) in [6, 6.07) is 6.68.